The van der Waals surface area contributed by atoms with Crippen LogP contribution >= 0.6 is 22.9 Å². The first-order valence-electron chi connectivity index (χ1n) is 5.74. The topological polar surface area (TPSA) is 12.0 Å². The van der Waals surface area contributed by atoms with Gasteiger partial charge in [-0.3, -0.25) is 0 Å². The van der Waals surface area contributed by atoms with Crippen LogP contribution in [0.3, 0.4) is 0 Å². The van der Waals surface area contributed by atoms with Gasteiger partial charge in [-0.05, 0) is 53.1 Å². The lowest BCUT2D eigenvalue weighted by atomic mass is 10.00. The molecule has 2 aromatic rings. The SMILES string of the molecule is CCNC(c1ccsc1)c1ccc(C)cc1Cl. The number of hydrogen-bond donors (Lipinski definition) is 1. The Bertz CT molecular complexity index is 479. The van der Waals surface area contributed by atoms with Crippen LogP contribution in [0.15, 0.2) is 35.0 Å². The Balaban J connectivity index is 2.39. The number of rotatable bonds is 4. The highest BCUT2D eigenvalue weighted by atomic mass is 35.5. The molecule has 0 spiro atoms. The van der Waals surface area contributed by atoms with Crippen molar-refractivity contribution in [2.24, 2.45) is 0 Å². The summed E-state index contributed by atoms with van der Waals surface area (Å²) in [6.45, 7) is 5.09. The first kappa shape index (κ1) is 12.6. The van der Waals surface area contributed by atoms with Crippen molar-refractivity contribution in [2.75, 3.05) is 6.54 Å². The fraction of sp³-hybridized carbons (Fsp3) is 0.286. The zero-order chi connectivity index (χ0) is 12.3. The summed E-state index contributed by atoms with van der Waals surface area (Å²) in [6.07, 6.45) is 0. The second-order valence-electron chi connectivity index (χ2n) is 4.07. The van der Waals surface area contributed by atoms with E-state index in [2.05, 4.69) is 48.1 Å². The third kappa shape index (κ3) is 2.89. The molecule has 1 N–H and O–H groups in total. The molecule has 1 aromatic carbocycles. The van der Waals surface area contributed by atoms with Gasteiger partial charge in [-0.2, -0.15) is 11.3 Å². The van der Waals surface area contributed by atoms with Gasteiger partial charge in [0.15, 0.2) is 0 Å². The fourth-order valence-corrected chi connectivity index (χ4v) is 2.95. The number of aryl methyl sites for hydroxylation is 1. The predicted octanol–water partition coefficient (Wildman–Crippen LogP) is 4.41. The largest absolute Gasteiger partial charge is 0.306 e. The number of benzene rings is 1. The molecular formula is C14H16ClNS. The molecule has 2 rings (SSSR count). The van der Waals surface area contributed by atoms with E-state index in [4.69, 9.17) is 11.6 Å². The lowest BCUT2D eigenvalue weighted by molar-refractivity contribution is 0.632. The molecule has 0 radical (unpaired) electrons. The molecule has 1 atom stereocenters. The average Bonchev–Trinajstić information content (AvgIpc) is 2.80. The summed E-state index contributed by atoms with van der Waals surface area (Å²) in [4.78, 5) is 0. The third-order valence-electron chi connectivity index (χ3n) is 2.75. The van der Waals surface area contributed by atoms with Crippen molar-refractivity contribution in [1.82, 2.24) is 5.32 Å². The summed E-state index contributed by atoms with van der Waals surface area (Å²) in [5.41, 5.74) is 3.62. The van der Waals surface area contributed by atoms with Crippen LogP contribution in [0.4, 0.5) is 0 Å². The maximum absolute atomic E-state index is 6.34. The van der Waals surface area contributed by atoms with Gasteiger partial charge in [-0.25, -0.2) is 0 Å². The Hall–Kier alpha value is -0.830. The minimum Gasteiger partial charge on any atom is -0.306 e. The summed E-state index contributed by atoms with van der Waals surface area (Å²) in [5.74, 6) is 0. The lowest BCUT2D eigenvalue weighted by Gasteiger charge is -2.19. The van der Waals surface area contributed by atoms with E-state index in [0.29, 0.717) is 0 Å². The summed E-state index contributed by atoms with van der Waals surface area (Å²) >= 11 is 8.05. The van der Waals surface area contributed by atoms with E-state index in [9.17, 15) is 0 Å². The van der Waals surface area contributed by atoms with Crippen molar-refractivity contribution >= 4 is 22.9 Å². The van der Waals surface area contributed by atoms with Gasteiger partial charge in [-0.1, -0.05) is 30.7 Å². The van der Waals surface area contributed by atoms with Crippen LogP contribution in [-0.4, -0.2) is 6.54 Å². The van der Waals surface area contributed by atoms with Crippen LogP contribution in [0.1, 0.15) is 29.7 Å². The zero-order valence-corrected chi connectivity index (χ0v) is 11.6. The van der Waals surface area contributed by atoms with E-state index in [1.54, 1.807) is 11.3 Å². The minimum absolute atomic E-state index is 0.194. The smallest absolute Gasteiger partial charge is 0.0599 e. The Morgan fingerprint density at radius 2 is 2.18 bits per heavy atom. The standard InChI is InChI=1S/C14H16ClNS/c1-3-16-14(11-6-7-17-9-11)12-5-4-10(2)8-13(12)15/h4-9,14,16H,3H2,1-2H3. The highest BCUT2D eigenvalue weighted by Gasteiger charge is 2.16. The van der Waals surface area contributed by atoms with Crippen LogP contribution in [0.2, 0.25) is 5.02 Å². The van der Waals surface area contributed by atoms with Crippen LogP contribution in [0, 0.1) is 6.92 Å². The van der Waals surface area contributed by atoms with Gasteiger partial charge in [0, 0.05) is 5.02 Å². The molecule has 1 unspecified atom stereocenters. The quantitative estimate of drug-likeness (QED) is 0.864. The number of thiophene rings is 1. The van der Waals surface area contributed by atoms with Crippen molar-refractivity contribution in [2.45, 2.75) is 19.9 Å². The zero-order valence-electron chi connectivity index (χ0n) is 10.0. The van der Waals surface area contributed by atoms with Crippen LogP contribution < -0.4 is 5.32 Å². The third-order valence-corrected chi connectivity index (χ3v) is 3.78. The molecule has 1 aromatic heterocycles. The van der Waals surface area contributed by atoms with Crippen molar-refractivity contribution in [3.63, 3.8) is 0 Å². The van der Waals surface area contributed by atoms with Gasteiger partial charge >= 0.3 is 0 Å². The lowest BCUT2D eigenvalue weighted by Crippen LogP contribution is -2.21. The Morgan fingerprint density at radius 1 is 1.35 bits per heavy atom. The van der Waals surface area contributed by atoms with E-state index < -0.39 is 0 Å². The van der Waals surface area contributed by atoms with Crippen LogP contribution in [-0.2, 0) is 0 Å². The molecule has 0 saturated heterocycles. The maximum Gasteiger partial charge on any atom is 0.0599 e. The van der Waals surface area contributed by atoms with E-state index in [1.807, 2.05) is 6.07 Å². The van der Waals surface area contributed by atoms with Crippen molar-refractivity contribution < 1.29 is 0 Å². The highest BCUT2D eigenvalue weighted by Crippen LogP contribution is 2.30. The molecule has 1 heterocycles. The Labute approximate surface area is 111 Å². The molecule has 0 saturated carbocycles. The van der Waals surface area contributed by atoms with Gasteiger partial charge in [0.1, 0.15) is 0 Å². The molecule has 17 heavy (non-hydrogen) atoms. The van der Waals surface area contributed by atoms with E-state index >= 15 is 0 Å². The van der Waals surface area contributed by atoms with E-state index in [1.165, 1.54) is 11.1 Å². The normalized spacial score (nSPS) is 12.6. The van der Waals surface area contributed by atoms with Gasteiger partial charge in [0.2, 0.25) is 0 Å². The number of halogens is 1. The average molecular weight is 266 g/mol. The van der Waals surface area contributed by atoms with Crippen LogP contribution in [0.5, 0.6) is 0 Å². The minimum atomic E-state index is 0.194. The number of hydrogen-bond acceptors (Lipinski definition) is 2. The highest BCUT2D eigenvalue weighted by molar-refractivity contribution is 7.08. The molecule has 1 nitrogen and oxygen atoms in total. The van der Waals surface area contributed by atoms with Gasteiger partial charge < -0.3 is 5.32 Å². The Kier molecular flexibility index (Phi) is 4.21. The van der Waals surface area contributed by atoms with Gasteiger partial charge in [0.25, 0.3) is 0 Å². The summed E-state index contributed by atoms with van der Waals surface area (Å²) in [7, 11) is 0. The molecule has 0 amide bonds. The molecular weight excluding hydrogens is 250 g/mol. The second-order valence-corrected chi connectivity index (χ2v) is 5.26. The Morgan fingerprint density at radius 3 is 2.76 bits per heavy atom. The molecule has 0 aliphatic carbocycles. The van der Waals surface area contributed by atoms with E-state index in [0.717, 1.165) is 17.1 Å². The first-order valence-corrected chi connectivity index (χ1v) is 7.06. The van der Waals surface area contributed by atoms with E-state index in [-0.39, 0.29) is 6.04 Å². The molecule has 0 aliphatic rings. The number of nitrogens with one attached hydrogen (secondary N) is 1. The first-order chi connectivity index (χ1) is 8.22. The predicted molar refractivity (Wildman–Crippen MR) is 76.0 cm³/mol. The van der Waals surface area contributed by atoms with Crippen LogP contribution in [0.25, 0.3) is 0 Å². The maximum atomic E-state index is 6.34. The molecule has 90 valence electrons. The fourth-order valence-electron chi connectivity index (χ4n) is 1.92. The van der Waals surface area contributed by atoms with Crippen molar-refractivity contribution in [3.05, 3.63) is 56.7 Å². The van der Waals surface area contributed by atoms with Crippen molar-refractivity contribution in [1.29, 1.82) is 0 Å². The van der Waals surface area contributed by atoms with Gasteiger partial charge in [-0.15, -0.1) is 0 Å². The molecule has 3 heteroatoms. The molecule has 0 aliphatic heterocycles. The summed E-state index contributed by atoms with van der Waals surface area (Å²) in [6, 6.07) is 8.59. The second kappa shape index (κ2) is 5.67. The van der Waals surface area contributed by atoms with Gasteiger partial charge in [0.05, 0.1) is 6.04 Å². The molecule has 0 bridgehead atoms. The summed E-state index contributed by atoms with van der Waals surface area (Å²) < 4.78 is 0. The summed E-state index contributed by atoms with van der Waals surface area (Å²) in [5, 5.41) is 8.59. The monoisotopic (exact) mass is 265 g/mol. The van der Waals surface area contributed by atoms with Crippen molar-refractivity contribution in [3.8, 4) is 0 Å². The molecule has 0 fully saturated rings.